The van der Waals surface area contributed by atoms with Gasteiger partial charge in [0.05, 0.1) is 6.61 Å². The fourth-order valence-corrected chi connectivity index (χ4v) is 2.71. The van der Waals surface area contributed by atoms with Crippen LogP contribution in [0.15, 0.2) is 12.2 Å². The standard InChI is InChI=1S/C21H36O2/c1-2-3-4-5-6-7-8-9-10-11-12-13-14-16-19-22-21-18-15-17-20-23-21/h10-11,21H,2-9,14-20H2,1H3/b11-10-. The van der Waals surface area contributed by atoms with Gasteiger partial charge >= 0.3 is 0 Å². The summed E-state index contributed by atoms with van der Waals surface area (Å²) in [4.78, 5) is 0. The first kappa shape index (κ1) is 20.3. The van der Waals surface area contributed by atoms with E-state index in [4.69, 9.17) is 9.47 Å². The molecule has 0 aromatic carbocycles. The summed E-state index contributed by atoms with van der Waals surface area (Å²) in [6, 6.07) is 0. The average molecular weight is 321 g/mol. The zero-order chi connectivity index (χ0) is 16.4. The predicted molar refractivity (Wildman–Crippen MR) is 98.3 cm³/mol. The molecule has 1 aliphatic rings. The van der Waals surface area contributed by atoms with Crippen LogP contribution in [0.25, 0.3) is 0 Å². The van der Waals surface area contributed by atoms with Crippen molar-refractivity contribution in [3.8, 4) is 11.8 Å². The molecule has 2 heteroatoms. The number of ether oxygens (including phenoxy) is 2. The van der Waals surface area contributed by atoms with E-state index in [1.54, 1.807) is 0 Å². The maximum atomic E-state index is 5.68. The normalized spacial score (nSPS) is 18.0. The van der Waals surface area contributed by atoms with Crippen LogP contribution in [0.1, 0.15) is 90.4 Å². The van der Waals surface area contributed by atoms with Gasteiger partial charge in [-0.25, -0.2) is 0 Å². The number of hydrogen-bond acceptors (Lipinski definition) is 2. The van der Waals surface area contributed by atoms with E-state index in [0.717, 1.165) is 32.5 Å². The first-order valence-corrected chi connectivity index (χ1v) is 9.80. The molecule has 0 aromatic rings. The Hall–Kier alpha value is -0.780. The molecule has 0 spiro atoms. The van der Waals surface area contributed by atoms with E-state index >= 15 is 0 Å². The Morgan fingerprint density at radius 3 is 2.65 bits per heavy atom. The fraction of sp³-hybridized carbons (Fsp3) is 0.810. The first-order chi connectivity index (χ1) is 11.4. The largest absolute Gasteiger partial charge is 0.353 e. The van der Waals surface area contributed by atoms with E-state index < -0.39 is 0 Å². The third-order valence-corrected chi connectivity index (χ3v) is 4.17. The Morgan fingerprint density at radius 2 is 1.87 bits per heavy atom. The molecule has 0 amide bonds. The van der Waals surface area contributed by atoms with Gasteiger partial charge in [-0.05, 0) is 44.6 Å². The molecule has 0 N–H and O–H groups in total. The van der Waals surface area contributed by atoms with Crippen LogP contribution in [-0.2, 0) is 9.47 Å². The highest BCUT2D eigenvalue weighted by Crippen LogP contribution is 2.13. The molecule has 0 aliphatic carbocycles. The molecule has 0 bridgehead atoms. The molecular weight excluding hydrogens is 284 g/mol. The summed E-state index contributed by atoms with van der Waals surface area (Å²) in [5.41, 5.74) is 0. The van der Waals surface area contributed by atoms with Crippen LogP contribution >= 0.6 is 0 Å². The van der Waals surface area contributed by atoms with Gasteiger partial charge in [0.15, 0.2) is 6.29 Å². The monoisotopic (exact) mass is 320 g/mol. The van der Waals surface area contributed by atoms with Crippen LogP contribution in [-0.4, -0.2) is 19.5 Å². The second kappa shape index (κ2) is 16.1. The number of hydrogen-bond donors (Lipinski definition) is 0. The lowest BCUT2D eigenvalue weighted by Gasteiger charge is -2.22. The van der Waals surface area contributed by atoms with Crippen molar-refractivity contribution in [1.29, 1.82) is 0 Å². The van der Waals surface area contributed by atoms with Gasteiger partial charge in [-0.1, -0.05) is 63.4 Å². The molecule has 1 heterocycles. The van der Waals surface area contributed by atoms with Crippen LogP contribution in [0.5, 0.6) is 0 Å². The van der Waals surface area contributed by atoms with Crippen molar-refractivity contribution in [2.75, 3.05) is 13.2 Å². The predicted octanol–water partition coefficient (Wildman–Crippen LogP) is 6.01. The molecule has 0 saturated carbocycles. The van der Waals surface area contributed by atoms with Gasteiger partial charge < -0.3 is 9.47 Å². The number of allylic oxidation sites excluding steroid dienone is 2. The van der Waals surface area contributed by atoms with Crippen molar-refractivity contribution < 1.29 is 9.47 Å². The zero-order valence-corrected chi connectivity index (χ0v) is 15.2. The lowest BCUT2D eigenvalue weighted by Crippen LogP contribution is -2.22. The van der Waals surface area contributed by atoms with Gasteiger partial charge in [-0.3, -0.25) is 0 Å². The maximum Gasteiger partial charge on any atom is 0.157 e. The van der Waals surface area contributed by atoms with Crippen molar-refractivity contribution in [3.05, 3.63) is 12.2 Å². The second-order valence-corrected chi connectivity index (χ2v) is 6.40. The summed E-state index contributed by atoms with van der Waals surface area (Å²) >= 11 is 0. The van der Waals surface area contributed by atoms with Crippen LogP contribution in [0.4, 0.5) is 0 Å². The summed E-state index contributed by atoms with van der Waals surface area (Å²) in [5, 5.41) is 0. The second-order valence-electron chi connectivity index (χ2n) is 6.40. The Kier molecular flexibility index (Phi) is 14.2. The maximum absolute atomic E-state index is 5.68. The summed E-state index contributed by atoms with van der Waals surface area (Å²) in [6.45, 7) is 3.89. The van der Waals surface area contributed by atoms with Crippen LogP contribution in [0.2, 0.25) is 0 Å². The van der Waals surface area contributed by atoms with Crippen molar-refractivity contribution in [2.24, 2.45) is 0 Å². The van der Waals surface area contributed by atoms with Crippen LogP contribution < -0.4 is 0 Å². The lowest BCUT2D eigenvalue weighted by molar-refractivity contribution is -0.162. The minimum atomic E-state index is 0.0403. The van der Waals surface area contributed by atoms with Crippen molar-refractivity contribution >= 4 is 0 Å². The van der Waals surface area contributed by atoms with E-state index in [0.29, 0.717) is 0 Å². The zero-order valence-electron chi connectivity index (χ0n) is 15.2. The molecule has 0 aromatic heterocycles. The smallest absolute Gasteiger partial charge is 0.157 e. The van der Waals surface area contributed by atoms with Gasteiger partial charge in [0.25, 0.3) is 0 Å². The SMILES string of the molecule is CCCCCCCCC/C=C\C#CCCCOC1CCCCO1. The Bertz CT molecular complexity index is 331. The topological polar surface area (TPSA) is 18.5 Å². The molecule has 2 nitrogen and oxygen atoms in total. The Balaban J connectivity index is 1.82. The molecule has 23 heavy (non-hydrogen) atoms. The van der Waals surface area contributed by atoms with Crippen molar-refractivity contribution in [1.82, 2.24) is 0 Å². The molecule has 0 radical (unpaired) electrons. The van der Waals surface area contributed by atoms with E-state index in [9.17, 15) is 0 Å². The molecule has 1 rings (SSSR count). The van der Waals surface area contributed by atoms with Crippen molar-refractivity contribution in [3.63, 3.8) is 0 Å². The van der Waals surface area contributed by atoms with E-state index in [-0.39, 0.29) is 6.29 Å². The molecule has 1 aliphatic heterocycles. The van der Waals surface area contributed by atoms with Gasteiger partial charge in [0.2, 0.25) is 0 Å². The highest BCUT2D eigenvalue weighted by atomic mass is 16.7. The molecule has 1 saturated heterocycles. The summed E-state index contributed by atoms with van der Waals surface area (Å²) in [5.74, 6) is 6.32. The average Bonchev–Trinajstić information content (AvgIpc) is 2.59. The van der Waals surface area contributed by atoms with Gasteiger partial charge in [-0.15, -0.1) is 0 Å². The van der Waals surface area contributed by atoms with Gasteiger partial charge in [-0.2, -0.15) is 0 Å². The number of unbranched alkanes of at least 4 members (excludes halogenated alkanes) is 8. The Labute approximate surface area is 144 Å². The highest BCUT2D eigenvalue weighted by Gasteiger charge is 2.12. The van der Waals surface area contributed by atoms with E-state index in [1.165, 1.54) is 64.2 Å². The summed E-state index contributed by atoms with van der Waals surface area (Å²) < 4.78 is 11.2. The van der Waals surface area contributed by atoms with Crippen LogP contribution in [0, 0.1) is 11.8 Å². The highest BCUT2D eigenvalue weighted by molar-refractivity contribution is 5.14. The fourth-order valence-electron chi connectivity index (χ4n) is 2.71. The molecule has 1 unspecified atom stereocenters. The molecular formula is C21H36O2. The Morgan fingerprint density at radius 1 is 1.04 bits per heavy atom. The third kappa shape index (κ3) is 13.4. The first-order valence-electron chi connectivity index (χ1n) is 9.80. The minimum Gasteiger partial charge on any atom is -0.353 e. The molecule has 1 fully saturated rings. The minimum absolute atomic E-state index is 0.0403. The van der Waals surface area contributed by atoms with Gasteiger partial charge in [0.1, 0.15) is 0 Å². The number of rotatable bonds is 12. The van der Waals surface area contributed by atoms with E-state index in [1.807, 2.05) is 6.08 Å². The van der Waals surface area contributed by atoms with Crippen molar-refractivity contribution in [2.45, 2.75) is 96.7 Å². The molecule has 1 atom stereocenters. The lowest BCUT2D eigenvalue weighted by atomic mass is 10.1. The molecule has 132 valence electrons. The van der Waals surface area contributed by atoms with Crippen LogP contribution in [0.3, 0.4) is 0 Å². The van der Waals surface area contributed by atoms with E-state index in [2.05, 4.69) is 24.8 Å². The summed E-state index contributed by atoms with van der Waals surface area (Å²) in [6.07, 6.45) is 20.4. The van der Waals surface area contributed by atoms with Gasteiger partial charge in [0, 0.05) is 13.0 Å². The third-order valence-electron chi connectivity index (χ3n) is 4.17. The summed E-state index contributed by atoms with van der Waals surface area (Å²) in [7, 11) is 0. The quantitative estimate of drug-likeness (QED) is 0.324.